The molecule has 0 radical (unpaired) electrons. The highest BCUT2D eigenvalue weighted by atomic mass is 15.3. The summed E-state index contributed by atoms with van der Waals surface area (Å²) in [4.78, 5) is 2.66. The lowest BCUT2D eigenvalue weighted by atomic mass is 9.94. The molecule has 1 aliphatic rings. The summed E-state index contributed by atoms with van der Waals surface area (Å²) in [6, 6.07) is 12.0. The smallest absolute Gasteiger partial charge is 0.0324 e. The lowest BCUT2D eigenvalue weighted by molar-refractivity contribution is 0.0580. The van der Waals surface area contributed by atoms with E-state index < -0.39 is 0 Å². The van der Waals surface area contributed by atoms with Crippen LogP contribution in [0.5, 0.6) is 0 Å². The van der Waals surface area contributed by atoms with Crippen LogP contribution < -0.4 is 5.32 Å². The lowest BCUT2D eigenvalue weighted by Gasteiger charge is -2.47. The van der Waals surface area contributed by atoms with Crippen molar-refractivity contribution in [1.82, 2.24) is 10.2 Å². The molecule has 1 aromatic rings. The number of nitrogens with zero attached hydrogens (tertiary/aromatic N) is 1. The zero-order valence-electron chi connectivity index (χ0n) is 12.1. The van der Waals surface area contributed by atoms with Crippen LogP contribution in [0.4, 0.5) is 0 Å². The molecule has 0 amide bonds. The SMILES string of the molecule is CCC1CNC(C)(C)CN1C(C)c1ccccc1. The Balaban J connectivity index is 2.18. The van der Waals surface area contributed by atoms with Crippen molar-refractivity contribution in [3.63, 3.8) is 0 Å². The first-order valence-electron chi connectivity index (χ1n) is 7.09. The van der Waals surface area contributed by atoms with Crippen molar-refractivity contribution < 1.29 is 0 Å². The summed E-state index contributed by atoms with van der Waals surface area (Å²) in [5, 5.41) is 3.65. The van der Waals surface area contributed by atoms with E-state index in [2.05, 4.69) is 68.2 Å². The van der Waals surface area contributed by atoms with E-state index in [1.54, 1.807) is 0 Å². The molecular formula is C16H26N2. The largest absolute Gasteiger partial charge is 0.309 e. The van der Waals surface area contributed by atoms with Gasteiger partial charge in [0.15, 0.2) is 0 Å². The fourth-order valence-electron chi connectivity index (χ4n) is 2.91. The fourth-order valence-corrected chi connectivity index (χ4v) is 2.91. The fraction of sp³-hybridized carbons (Fsp3) is 0.625. The molecule has 0 aliphatic carbocycles. The molecular weight excluding hydrogens is 220 g/mol. The highest BCUT2D eigenvalue weighted by Gasteiger charge is 2.34. The number of benzene rings is 1. The molecule has 1 aromatic carbocycles. The van der Waals surface area contributed by atoms with Crippen LogP contribution in [0.25, 0.3) is 0 Å². The highest BCUT2D eigenvalue weighted by Crippen LogP contribution is 2.28. The van der Waals surface area contributed by atoms with Crippen LogP contribution in [-0.4, -0.2) is 29.6 Å². The van der Waals surface area contributed by atoms with Gasteiger partial charge in [-0.1, -0.05) is 37.3 Å². The minimum atomic E-state index is 0.217. The summed E-state index contributed by atoms with van der Waals surface area (Å²) in [7, 11) is 0. The van der Waals surface area contributed by atoms with E-state index in [1.165, 1.54) is 12.0 Å². The Labute approximate surface area is 111 Å². The van der Waals surface area contributed by atoms with E-state index in [1.807, 2.05) is 0 Å². The number of nitrogens with one attached hydrogen (secondary N) is 1. The van der Waals surface area contributed by atoms with Crippen LogP contribution in [0, 0.1) is 0 Å². The van der Waals surface area contributed by atoms with Gasteiger partial charge in [0.2, 0.25) is 0 Å². The first-order chi connectivity index (χ1) is 8.53. The van der Waals surface area contributed by atoms with Crippen molar-refractivity contribution in [1.29, 1.82) is 0 Å². The molecule has 100 valence electrons. The van der Waals surface area contributed by atoms with Gasteiger partial charge in [0.1, 0.15) is 0 Å². The van der Waals surface area contributed by atoms with E-state index in [-0.39, 0.29) is 5.54 Å². The average molecular weight is 246 g/mol. The molecule has 0 saturated carbocycles. The Morgan fingerprint density at radius 2 is 2.00 bits per heavy atom. The quantitative estimate of drug-likeness (QED) is 0.881. The number of hydrogen-bond acceptors (Lipinski definition) is 2. The third kappa shape index (κ3) is 2.93. The Morgan fingerprint density at radius 3 is 2.61 bits per heavy atom. The molecule has 1 N–H and O–H groups in total. The zero-order valence-corrected chi connectivity index (χ0v) is 12.1. The van der Waals surface area contributed by atoms with Crippen LogP contribution in [0.1, 0.15) is 45.7 Å². The molecule has 1 aliphatic heterocycles. The lowest BCUT2D eigenvalue weighted by Crippen LogP contribution is -2.61. The molecule has 1 heterocycles. The Bertz CT molecular complexity index is 372. The van der Waals surface area contributed by atoms with Gasteiger partial charge in [0.25, 0.3) is 0 Å². The normalized spacial score (nSPS) is 25.9. The maximum atomic E-state index is 3.65. The first-order valence-corrected chi connectivity index (χ1v) is 7.09. The van der Waals surface area contributed by atoms with Crippen molar-refractivity contribution in [2.45, 2.75) is 51.7 Å². The summed E-state index contributed by atoms with van der Waals surface area (Å²) in [6.45, 7) is 11.4. The van der Waals surface area contributed by atoms with Gasteiger partial charge in [-0.3, -0.25) is 4.90 Å². The van der Waals surface area contributed by atoms with E-state index in [0.29, 0.717) is 12.1 Å². The monoisotopic (exact) mass is 246 g/mol. The molecule has 2 atom stereocenters. The van der Waals surface area contributed by atoms with E-state index in [4.69, 9.17) is 0 Å². The standard InChI is InChI=1S/C16H26N2/c1-5-15-11-17-16(3,4)12-18(15)13(2)14-9-7-6-8-10-14/h6-10,13,15,17H,5,11-12H2,1-4H3. The number of hydrogen-bond donors (Lipinski definition) is 1. The Hall–Kier alpha value is -0.860. The van der Waals surface area contributed by atoms with Gasteiger partial charge in [0, 0.05) is 30.7 Å². The Kier molecular flexibility index (Phi) is 4.08. The average Bonchev–Trinajstić information content (AvgIpc) is 2.38. The summed E-state index contributed by atoms with van der Waals surface area (Å²) in [5.74, 6) is 0. The second-order valence-corrected chi connectivity index (χ2v) is 6.09. The Morgan fingerprint density at radius 1 is 1.33 bits per heavy atom. The predicted octanol–water partition coefficient (Wildman–Crippen LogP) is 3.21. The molecule has 1 saturated heterocycles. The van der Waals surface area contributed by atoms with Crippen molar-refractivity contribution >= 4 is 0 Å². The van der Waals surface area contributed by atoms with Crippen molar-refractivity contribution in [3.05, 3.63) is 35.9 Å². The van der Waals surface area contributed by atoms with E-state index in [0.717, 1.165) is 13.1 Å². The van der Waals surface area contributed by atoms with Crippen LogP contribution in [0.3, 0.4) is 0 Å². The van der Waals surface area contributed by atoms with Gasteiger partial charge in [-0.2, -0.15) is 0 Å². The minimum absolute atomic E-state index is 0.217. The molecule has 18 heavy (non-hydrogen) atoms. The maximum Gasteiger partial charge on any atom is 0.0324 e. The van der Waals surface area contributed by atoms with Gasteiger partial charge in [0.05, 0.1) is 0 Å². The number of rotatable bonds is 3. The molecule has 2 unspecified atom stereocenters. The molecule has 0 bridgehead atoms. The van der Waals surface area contributed by atoms with Gasteiger partial charge < -0.3 is 5.32 Å². The first kappa shape index (κ1) is 13.6. The number of piperazine rings is 1. The molecule has 1 fully saturated rings. The van der Waals surface area contributed by atoms with Gasteiger partial charge in [-0.05, 0) is 32.8 Å². The van der Waals surface area contributed by atoms with Crippen molar-refractivity contribution in [3.8, 4) is 0 Å². The van der Waals surface area contributed by atoms with Gasteiger partial charge >= 0.3 is 0 Å². The van der Waals surface area contributed by atoms with Crippen molar-refractivity contribution in [2.75, 3.05) is 13.1 Å². The predicted molar refractivity (Wildman–Crippen MR) is 77.7 cm³/mol. The summed E-state index contributed by atoms with van der Waals surface area (Å²) in [5.41, 5.74) is 1.64. The molecule has 2 rings (SSSR count). The maximum absolute atomic E-state index is 3.65. The molecule has 0 aromatic heterocycles. The third-order valence-electron chi connectivity index (χ3n) is 4.11. The molecule has 2 heteroatoms. The second kappa shape index (κ2) is 5.41. The van der Waals surface area contributed by atoms with E-state index >= 15 is 0 Å². The van der Waals surface area contributed by atoms with Gasteiger partial charge in [-0.25, -0.2) is 0 Å². The van der Waals surface area contributed by atoms with Gasteiger partial charge in [-0.15, -0.1) is 0 Å². The summed E-state index contributed by atoms with van der Waals surface area (Å²) in [6.07, 6.45) is 1.21. The van der Waals surface area contributed by atoms with Crippen molar-refractivity contribution in [2.24, 2.45) is 0 Å². The second-order valence-electron chi connectivity index (χ2n) is 6.09. The van der Waals surface area contributed by atoms with Crippen LogP contribution >= 0.6 is 0 Å². The van der Waals surface area contributed by atoms with E-state index in [9.17, 15) is 0 Å². The zero-order chi connectivity index (χ0) is 13.2. The summed E-state index contributed by atoms with van der Waals surface area (Å²) >= 11 is 0. The third-order valence-corrected chi connectivity index (χ3v) is 4.11. The topological polar surface area (TPSA) is 15.3 Å². The molecule has 2 nitrogen and oxygen atoms in total. The molecule has 0 spiro atoms. The summed E-state index contributed by atoms with van der Waals surface area (Å²) < 4.78 is 0. The highest BCUT2D eigenvalue weighted by molar-refractivity contribution is 5.19. The minimum Gasteiger partial charge on any atom is -0.309 e. The van der Waals surface area contributed by atoms with Crippen LogP contribution in [0.15, 0.2) is 30.3 Å². The van der Waals surface area contributed by atoms with Crippen LogP contribution in [-0.2, 0) is 0 Å². The van der Waals surface area contributed by atoms with Crippen LogP contribution in [0.2, 0.25) is 0 Å².